The van der Waals surface area contributed by atoms with Crippen molar-refractivity contribution in [3.05, 3.63) is 48.6 Å². The van der Waals surface area contributed by atoms with Crippen molar-refractivity contribution in [1.29, 1.82) is 0 Å². The summed E-state index contributed by atoms with van der Waals surface area (Å²) in [4.78, 5) is 26.9. The van der Waals surface area contributed by atoms with Gasteiger partial charge in [0.05, 0.1) is 13.2 Å². The van der Waals surface area contributed by atoms with Crippen LogP contribution in [-0.2, 0) is 20.9 Å². The van der Waals surface area contributed by atoms with Gasteiger partial charge in [0.15, 0.2) is 0 Å². The van der Waals surface area contributed by atoms with Crippen LogP contribution in [0.5, 0.6) is 0 Å². The number of nitrogens with one attached hydrogen (secondary N) is 1. The smallest absolute Gasteiger partial charge is 0.408 e. The van der Waals surface area contributed by atoms with Crippen molar-refractivity contribution in [3.8, 4) is 0 Å². The summed E-state index contributed by atoms with van der Waals surface area (Å²) in [7, 11) is 1.29. The molecule has 6 nitrogen and oxygen atoms in total. The Morgan fingerprint density at radius 2 is 1.96 bits per heavy atom. The first-order valence-electron chi connectivity index (χ1n) is 8.53. The van der Waals surface area contributed by atoms with E-state index in [-0.39, 0.29) is 6.61 Å². The molecule has 2 atom stereocenters. The summed E-state index contributed by atoms with van der Waals surface area (Å²) in [6.07, 6.45) is 2.86. The molecule has 0 radical (unpaired) electrons. The van der Waals surface area contributed by atoms with Crippen molar-refractivity contribution in [3.63, 3.8) is 0 Å². The number of hydrogen-bond acceptors (Lipinski definition) is 5. The lowest BCUT2D eigenvalue weighted by molar-refractivity contribution is -0.144. The molecule has 26 heavy (non-hydrogen) atoms. The average molecular weight is 376 g/mol. The molecule has 1 aromatic carbocycles. The number of carbonyl (C=O) groups is 2. The number of esters is 1. The summed E-state index contributed by atoms with van der Waals surface area (Å²) >= 11 is 5.54. The van der Waals surface area contributed by atoms with Crippen molar-refractivity contribution in [2.45, 2.75) is 25.5 Å². The van der Waals surface area contributed by atoms with Gasteiger partial charge in [0.1, 0.15) is 17.5 Å². The minimum atomic E-state index is -0.780. The summed E-state index contributed by atoms with van der Waals surface area (Å²) in [5.41, 5.74) is 0.870. The first kappa shape index (κ1) is 19.9. The van der Waals surface area contributed by atoms with Crippen LogP contribution in [0.25, 0.3) is 0 Å². The summed E-state index contributed by atoms with van der Waals surface area (Å²) in [6, 6.07) is 8.61. The number of benzene rings is 1. The molecule has 0 saturated carbocycles. The molecule has 0 spiro atoms. The van der Waals surface area contributed by atoms with Gasteiger partial charge in [0.2, 0.25) is 0 Å². The number of rotatable bonds is 7. The van der Waals surface area contributed by atoms with Crippen LogP contribution in [-0.4, -0.2) is 48.2 Å². The first-order valence-corrected chi connectivity index (χ1v) is 8.94. The Morgan fingerprint density at radius 1 is 1.31 bits per heavy atom. The zero-order chi connectivity index (χ0) is 18.9. The molecule has 0 unspecified atom stereocenters. The second kappa shape index (κ2) is 9.91. The fourth-order valence-electron chi connectivity index (χ4n) is 2.84. The van der Waals surface area contributed by atoms with Crippen molar-refractivity contribution in [2.75, 3.05) is 20.2 Å². The highest BCUT2D eigenvalue weighted by Crippen LogP contribution is 2.17. The number of likely N-dealkylation sites (tertiary alicyclic amines) is 1. The van der Waals surface area contributed by atoms with Crippen molar-refractivity contribution in [2.24, 2.45) is 5.92 Å². The van der Waals surface area contributed by atoms with Crippen LogP contribution >= 0.6 is 12.2 Å². The maximum Gasteiger partial charge on any atom is 0.408 e. The Hall–Kier alpha value is -2.41. The van der Waals surface area contributed by atoms with E-state index in [1.807, 2.05) is 35.2 Å². The van der Waals surface area contributed by atoms with Crippen molar-refractivity contribution < 1.29 is 19.1 Å². The highest BCUT2D eigenvalue weighted by Gasteiger charge is 2.34. The molecule has 140 valence electrons. The largest absolute Gasteiger partial charge is 0.468 e. The van der Waals surface area contributed by atoms with Gasteiger partial charge < -0.3 is 19.7 Å². The van der Waals surface area contributed by atoms with Gasteiger partial charge in [-0.3, -0.25) is 4.79 Å². The summed E-state index contributed by atoms with van der Waals surface area (Å²) in [6.45, 7) is 5.43. The Bertz CT molecular complexity index is 644. The van der Waals surface area contributed by atoms with E-state index in [1.165, 1.54) is 13.2 Å². The molecule has 2 rings (SSSR count). The highest BCUT2D eigenvalue weighted by molar-refractivity contribution is 7.80. The molecule has 1 heterocycles. The van der Waals surface area contributed by atoms with Gasteiger partial charge in [-0.05, 0) is 18.4 Å². The van der Waals surface area contributed by atoms with Gasteiger partial charge in [0.25, 0.3) is 0 Å². The molecule has 1 aliphatic rings. The van der Waals surface area contributed by atoms with Crippen LogP contribution in [0.4, 0.5) is 4.79 Å². The van der Waals surface area contributed by atoms with E-state index >= 15 is 0 Å². The fourth-order valence-corrected chi connectivity index (χ4v) is 3.22. The van der Waals surface area contributed by atoms with Gasteiger partial charge in [-0.25, -0.2) is 4.79 Å². The predicted molar refractivity (Wildman–Crippen MR) is 103 cm³/mol. The molecule has 7 heteroatoms. The summed E-state index contributed by atoms with van der Waals surface area (Å²) < 4.78 is 10.1. The molecule has 1 amide bonds. The minimum Gasteiger partial charge on any atom is -0.468 e. The van der Waals surface area contributed by atoms with Gasteiger partial charge in [-0.15, -0.1) is 6.58 Å². The van der Waals surface area contributed by atoms with E-state index in [4.69, 9.17) is 21.7 Å². The molecule has 1 fully saturated rings. The third-order valence-electron chi connectivity index (χ3n) is 4.26. The maximum absolute atomic E-state index is 12.3. The van der Waals surface area contributed by atoms with E-state index in [0.717, 1.165) is 31.5 Å². The van der Waals surface area contributed by atoms with E-state index in [2.05, 4.69) is 11.9 Å². The topological polar surface area (TPSA) is 67.9 Å². The third-order valence-corrected chi connectivity index (χ3v) is 4.77. The molecular formula is C19H24N2O4S. The SMILES string of the molecule is C=C[C@H](C(=O)OC)[C@H](NC(=O)OCc1ccccc1)C(=S)N1CCCC1. The number of alkyl carbamates (subject to hydrolysis) is 1. The number of ether oxygens (including phenoxy) is 2. The number of carbonyl (C=O) groups excluding carboxylic acids is 2. The fraction of sp³-hybridized carbons (Fsp3) is 0.421. The quantitative estimate of drug-likeness (QED) is 0.448. The van der Waals surface area contributed by atoms with Crippen LogP contribution in [0.1, 0.15) is 18.4 Å². The lowest BCUT2D eigenvalue weighted by atomic mass is 9.99. The molecule has 1 saturated heterocycles. The van der Waals surface area contributed by atoms with E-state index in [0.29, 0.717) is 4.99 Å². The standard InChI is InChI=1S/C19H24N2O4S/c1-3-15(18(22)24-2)16(17(26)21-11-7-8-12-21)20-19(23)25-13-14-9-5-4-6-10-14/h3-6,9-10,15-16H,1,7-8,11-13H2,2H3,(H,20,23)/t15-,16-/m0/s1. The van der Waals surface area contributed by atoms with E-state index in [9.17, 15) is 9.59 Å². The normalized spacial score (nSPS) is 15.7. The Labute approximate surface area is 159 Å². The van der Waals surface area contributed by atoms with Crippen LogP contribution < -0.4 is 5.32 Å². The van der Waals surface area contributed by atoms with E-state index in [1.54, 1.807) is 0 Å². The van der Waals surface area contributed by atoms with Crippen LogP contribution in [0.3, 0.4) is 0 Å². The predicted octanol–water partition coefficient (Wildman–Crippen LogP) is 2.68. The second-order valence-corrected chi connectivity index (χ2v) is 6.42. The maximum atomic E-state index is 12.3. The molecule has 0 aliphatic carbocycles. The first-order chi connectivity index (χ1) is 12.6. The van der Waals surface area contributed by atoms with E-state index < -0.39 is 24.0 Å². The highest BCUT2D eigenvalue weighted by atomic mass is 32.1. The molecule has 1 aliphatic heterocycles. The van der Waals surface area contributed by atoms with Gasteiger partial charge in [-0.1, -0.05) is 48.6 Å². The van der Waals surface area contributed by atoms with Crippen molar-refractivity contribution >= 4 is 29.3 Å². The Morgan fingerprint density at radius 3 is 2.54 bits per heavy atom. The Balaban J connectivity index is 2.06. The Kier molecular flexibility index (Phi) is 7.59. The number of hydrogen-bond donors (Lipinski definition) is 1. The second-order valence-electron chi connectivity index (χ2n) is 6.00. The molecule has 0 bridgehead atoms. The minimum absolute atomic E-state index is 0.132. The monoisotopic (exact) mass is 376 g/mol. The summed E-state index contributed by atoms with van der Waals surface area (Å²) in [5, 5.41) is 2.71. The number of nitrogens with zero attached hydrogens (tertiary/aromatic N) is 1. The summed E-state index contributed by atoms with van der Waals surface area (Å²) in [5.74, 6) is -1.28. The number of thiocarbonyl (C=S) groups is 1. The van der Waals surface area contributed by atoms with Gasteiger partial charge in [0, 0.05) is 13.1 Å². The van der Waals surface area contributed by atoms with Crippen molar-refractivity contribution in [1.82, 2.24) is 10.2 Å². The molecule has 1 N–H and O–H groups in total. The lowest BCUT2D eigenvalue weighted by Crippen LogP contribution is -2.52. The molecule has 0 aromatic heterocycles. The third kappa shape index (κ3) is 5.29. The zero-order valence-electron chi connectivity index (χ0n) is 14.8. The zero-order valence-corrected chi connectivity index (χ0v) is 15.7. The molecular weight excluding hydrogens is 352 g/mol. The van der Waals surface area contributed by atoms with Gasteiger partial charge >= 0.3 is 12.1 Å². The number of amides is 1. The van der Waals surface area contributed by atoms with Crippen LogP contribution in [0.2, 0.25) is 0 Å². The van der Waals surface area contributed by atoms with Crippen LogP contribution in [0, 0.1) is 5.92 Å². The lowest BCUT2D eigenvalue weighted by Gasteiger charge is -2.30. The average Bonchev–Trinajstić information content (AvgIpc) is 3.21. The van der Waals surface area contributed by atoms with Crippen LogP contribution in [0.15, 0.2) is 43.0 Å². The molecule has 1 aromatic rings. The van der Waals surface area contributed by atoms with Gasteiger partial charge in [-0.2, -0.15) is 0 Å². The number of methoxy groups -OCH3 is 1.